The van der Waals surface area contributed by atoms with E-state index >= 15 is 0 Å². The second-order valence-electron chi connectivity index (χ2n) is 6.80. The van der Waals surface area contributed by atoms with Crippen LogP contribution in [-0.4, -0.2) is 23.6 Å². The third kappa shape index (κ3) is 5.64. The largest absolute Gasteiger partial charge is 0.487 e. The smallest absolute Gasteiger partial charge is 0.337 e. The zero-order chi connectivity index (χ0) is 24.1. The Hall–Kier alpha value is -3.53. The molecule has 0 atom stereocenters. The monoisotopic (exact) mass is 521 g/mol. The third-order valence-electron chi connectivity index (χ3n) is 4.54. The second-order valence-corrected chi connectivity index (χ2v) is 7.59. The highest BCUT2D eigenvalue weighted by atomic mass is 79.9. The first-order chi connectivity index (χ1) is 15.7. The number of hydrogen-bond donors (Lipinski definition) is 0. The summed E-state index contributed by atoms with van der Waals surface area (Å²) in [5.41, 5.74) is 0.275. The molecule has 172 valence electrons. The molecular weight excluding hydrogens is 504 g/mol. The molecule has 0 aliphatic rings. The fourth-order valence-corrected chi connectivity index (χ4v) is 3.37. The molecule has 0 unspecified atom stereocenters. The molecule has 1 heterocycles. The zero-order valence-electron chi connectivity index (χ0n) is 17.6. The number of hydrogen-bond acceptors (Lipinski definition) is 6. The van der Waals surface area contributed by atoms with Crippen LogP contribution in [0.2, 0.25) is 0 Å². The van der Waals surface area contributed by atoms with Gasteiger partial charge in [0, 0.05) is 30.3 Å². The van der Waals surface area contributed by atoms with Crippen LogP contribution in [-0.2, 0) is 27.5 Å². The SMILES string of the molecule is COC(=O)c1cccc(-n2c(COC(C)=O)cc(OCc3ccc(F)cc3F)c(Br)c2=O)c1. The van der Waals surface area contributed by atoms with E-state index in [9.17, 15) is 23.2 Å². The van der Waals surface area contributed by atoms with Crippen LogP contribution in [0.1, 0.15) is 28.5 Å². The minimum absolute atomic E-state index is 0.0139. The molecule has 7 nitrogen and oxygen atoms in total. The van der Waals surface area contributed by atoms with Gasteiger partial charge in [-0.1, -0.05) is 6.07 Å². The quantitative estimate of drug-likeness (QED) is 0.431. The maximum absolute atomic E-state index is 13.9. The highest BCUT2D eigenvalue weighted by Crippen LogP contribution is 2.26. The Bertz CT molecular complexity index is 1270. The van der Waals surface area contributed by atoms with Crippen LogP contribution in [0, 0.1) is 11.6 Å². The summed E-state index contributed by atoms with van der Waals surface area (Å²) >= 11 is 3.20. The van der Waals surface area contributed by atoms with Crippen molar-refractivity contribution in [2.75, 3.05) is 7.11 Å². The van der Waals surface area contributed by atoms with Crippen LogP contribution in [0.3, 0.4) is 0 Å². The Morgan fingerprint density at radius 1 is 1.06 bits per heavy atom. The number of rotatable bonds is 7. The van der Waals surface area contributed by atoms with Crippen LogP contribution in [0.4, 0.5) is 8.78 Å². The lowest BCUT2D eigenvalue weighted by atomic mass is 10.2. The second kappa shape index (κ2) is 10.4. The molecule has 33 heavy (non-hydrogen) atoms. The normalized spacial score (nSPS) is 10.6. The lowest BCUT2D eigenvalue weighted by Gasteiger charge is -2.17. The summed E-state index contributed by atoms with van der Waals surface area (Å²) in [5.74, 6) is -2.62. The summed E-state index contributed by atoms with van der Waals surface area (Å²) in [6.07, 6.45) is 0. The number of aromatic nitrogens is 1. The van der Waals surface area contributed by atoms with Crippen molar-refractivity contribution in [3.8, 4) is 11.4 Å². The molecule has 3 aromatic rings. The van der Waals surface area contributed by atoms with Gasteiger partial charge in [-0.3, -0.25) is 14.2 Å². The summed E-state index contributed by atoms with van der Waals surface area (Å²) in [6.45, 7) is 0.661. The van der Waals surface area contributed by atoms with E-state index < -0.39 is 29.1 Å². The van der Waals surface area contributed by atoms with Crippen molar-refractivity contribution in [3.63, 3.8) is 0 Å². The number of benzene rings is 2. The number of nitrogens with zero attached hydrogens (tertiary/aromatic N) is 1. The van der Waals surface area contributed by atoms with E-state index in [1.165, 1.54) is 42.9 Å². The summed E-state index contributed by atoms with van der Waals surface area (Å²) in [7, 11) is 1.24. The van der Waals surface area contributed by atoms with Crippen molar-refractivity contribution >= 4 is 27.9 Å². The van der Waals surface area contributed by atoms with Gasteiger partial charge in [-0.15, -0.1) is 0 Å². The predicted molar refractivity (Wildman–Crippen MR) is 117 cm³/mol. The van der Waals surface area contributed by atoms with E-state index in [-0.39, 0.29) is 40.3 Å². The average Bonchev–Trinajstić information content (AvgIpc) is 2.79. The molecule has 0 radical (unpaired) electrons. The van der Waals surface area contributed by atoms with Gasteiger partial charge in [0.25, 0.3) is 5.56 Å². The fourth-order valence-electron chi connectivity index (χ4n) is 2.97. The minimum atomic E-state index is -0.792. The summed E-state index contributed by atoms with van der Waals surface area (Å²) in [5, 5.41) is 0. The van der Waals surface area contributed by atoms with Crippen molar-refractivity contribution in [3.05, 3.63) is 91.8 Å². The topological polar surface area (TPSA) is 83.8 Å². The molecule has 0 saturated carbocycles. The van der Waals surface area contributed by atoms with Gasteiger partial charge in [0.1, 0.15) is 35.1 Å². The number of halogens is 3. The molecule has 0 saturated heterocycles. The molecule has 0 fully saturated rings. The summed E-state index contributed by atoms with van der Waals surface area (Å²) in [6, 6.07) is 10.6. The molecule has 3 rings (SSSR count). The molecule has 1 aromatic heterocycles. The summed E-state index contributed by atoms with van der Waals surface area (Å²) in [4.78, 5) is 36.5. The zero-order valence-corrected chi connectivity index (χ0v) is 19.1. The summed E-state index contributed by atoms with van der Waals surface area (Å²) < 4.78 is 43.7. The van der Waals surface area contributed by atoms with Crippen LogP contribution in [0.15, 0.2) is 57.8 Å². The number of ether oxygens (including phenoxy) is 3. The molecule has 0 bridgehead atoms. The molecular formula is C23H18BrF2NO6. The number of methoxy groups -OCH3 is 1. The van der Waals surface area contributed by atoms with Crippen LogP contribution >= 0.6 is 15.9 Å². The highest BCUT2D eigenvalue weighted by Gasteiger charge is 2.18. The first-order valence-corrected chi connectivity index (χ1v) is 10.3. The maximum atomic E-state index is 13.9. The molecule has 0 aliphatic heterocycles. The van der Waals surface area contributed by atoms with Gasteiger partial charge in [-0.05, 0) is 46.3 Å². The average molecular weight is 522 g/mol. The van der Waals surface area contributed by atoms with E-state index in [4.69, 9.17) is 14.2 Å². The molecule has 0 aliphatic carbocycles. The Morgan fingerprint density at radius 3 is 2.48 bits per heavy atom. The van der Waals surface area contributed by atoms with E-state index in [1.807, 2.05) is 0 Å². The Kier molecular flexibility index (Phi) is 7.59. The van der Waals surface area contributed by atoms with E-state index in [0.717, 1.165) is 12.1 Å². The third-order valence-corrected chi connectivity index (χ3v) is 5.27. The molecule has 0 spiro atoms. The van der Waals surface area contributed by atoms with Gasteiger partial charge < -0.3 is 14.2 Å². The number of carbonyl (C=O) groups is 2. The number of pyridine rings is 1. The first kappa shape index (κ1) is 24.1. The van der Waals surface area contributed by atoms with Crippen molar-refractivity contribution in [2.45, 2.75) is 20.1 Å². The van der Waals surface area contributed by atoms with Crippen LogP contribution in [0.5, 0.6) is 5.75 Å². The van der Waals surface area contributed by atoms with Gasteiger partial charge in [-0.2, -0.15) is 0 Å². The molecule has 10 heteroatoms. The van der Waals surface area contributed by atoms with Crippen molar-refractivity contribution in [2.24, 2.45) is 0 Å². The molecule has 0 amide bonds. The van der Waals surface area contributed by atoms with E-state index in [1.54, 1.807) is 12.1 Å². The van der Waals surface area contributed by atoms with E-state index in [2.05, 4.69) is 15.9 Å². The molecule has 0 N–H and O–H groups in total. The van der Waals surface area contributed by atoms with E-state index in [0.29, 0.717) is 5.69 Å². The first-order valence-electron chi connectivity index (χ1n) is 9.54. The highest BCUT2D eigenvalue weighted by molar-refractivity contribution is 9.10. The Labute approximate surface area is 195 Å². The predicted octanol–water partition coefficient (Wildman–Crippen LogP) is 4.31. The van der Waals surface area contributed by atoms with Gasteiger partial charge in [0.05, 0.1) is 18.4 Å². The minimum Gasteiger partial charge on any atom is -0.487 e. The molecule has 2 aromatic carbocycles. The maximum Gasteiger partial charge on any atom is 0.337 e. The number of carbonyl (C=O) groups excluding carboxylic acids is 2. The number of esters is 2. The Morgan fingerprint density at radius 2 is 1.82 bits per heavy atom. The van der Waals surface area contributed by atoms with Crippen LogP contribution < -0.4 is 10.3 Å². The van der Waals surface area contributed by atoms with Gasteiger partial charge >= 0.3 is 11.9 Å². The van der Waals surface area contributed by atoms with Crippen molar-refractivity contribution < 1.29 is 32.6 Å². The fraction of sp³-hybridized carbons (Fsp3) is 0.174. The lowest BCUT2D eigenvalue weighted by Crippen LogP contribution is -2.24. The van der Waals surface area contributed by atoms with Gasteiger partial charge in [0.2, 0.25) is 0 Å². The van der Waals surface area contributed by atoms with Crippen molar-refractivity contribution in [1.29, 1.82) is 0 Å². The van der Waals surface area contributed by atoms with Crippen LogP contribution in [0.25, 0.3) is 5.69 Å². The standard InChI is InChI=1S/C23H18BrF2NO6/c1-13(28)32-12-18-10-20(33-11-15-6-7-16(25)9-19(15)26)21(24)22(29)27(18)17-5-3-4-14(8-17)23(30)31-2/h3-10H,11-12H2,1-2H3. The van der Waals surface area contributed by atoms with Gasteiger partial charge in [0.15, 0.2) is 0 Å². The Balaban J connectivity index is 2.05. The lowest BCUT2D eigenvalue weighted by molar-refractivity contribution is -0.142. The van der Waals surface area contributed by atoms with Crippen molar-refractivity contribution in [1.82, 2.24) is 4.57 Å². The van der Waals surface area contributed by atoms with Gasteiger partial charge in [-0.25, -0.2) is 13.6 Å².